The highest BCUT2D eigenvalue weighted by Crippen LogP contribution is 2.46. The van der Waals surface area contributed by atoms with Crippen LogP contribution < -0.4 is 21.8 Å². The van der Waals surface area contributed by atoms with E-state index >= 15 is 0 Å². The van der Waals surface area contributed by atoms with Gasteiger partial charge in [-0.3, -0.25) is 4.79 Å². The number of nitrogen functional groups attached to an aromatic ring is 1. The summed E-state index contributed by atoms with van der Waals surface area (Å²) in [6, 6.07) is 0.886. The van der Waals surface area contributed by atoms with Gasteiger partial charge < -0.3 is 10.6 Å². The second kappa shape index (κ2) is 9.08. The van der Waals surface area contributed by atoms with Gasteiger partial charge in [0.1, 0.15) is 22.2 Å². The first-order chi connectivity index (χ1) is 15.9. The van der Waals surface area contributed by atoms with Crippen LogP contribution in [0.3, 0.4) is 0 Å². The summed E-state index contributed by atoms with van der Waals surface area (Å²) in [6.45, 7) is 0. The Bertz CT molecular complexity index is 1470. The van der Waals surface area contributed by atoms with Gasteiger partial charge in [-0.1, -0.05) is 46.4 Å². The first-order valence-corrected chi connectivity index (χ1v) is 9.96. The molecule has 1 aromatic carbocycles. The molecule has 35 heavy (non-hydrogen) atoms. The zero-order chi connectivity index (χ0) is 26.6. The van der Waals surface area contributed by atoms with Crippen LogP contribution in [0, 0.1) is 5.82 Å². The maximum atomic E-state index is 14.6. The van der Waals surface area contributed by atoms with Crippen molar-refractivity contribution in [3.8, 4) is 17.3 Å². The number of aromatic nitrogens is 3. The Morgan fingerprint density at radius 2 is 1.51 bits per heavy atom. The van der Waals surface area contributed by atoms with Gasteiger partial charge in [0.15, 0.2) is 10.8 Å². The van der Waals surface area contributed by atoms with Crippen LogP contribution in [0.15, 0.2) is 27.8 Å². The van der Waals surface area contributed by atoms with Crippen molar-refractivity contribution in [3.05, 3.63) is 76.3 Å². The lowest BCUT2D eigenvalue weighted by molar-refractivity contribution is -0.143. The number of halogens is 11. The van der Waals surface area contributed by atoms with E-state index in [1.165, 1.54) is 0 Å². The molecule has 0 radical (unpaired) electrons. The van der Waals surface area contributed by atoms with Crippen molar-refractivity contribution >= 4 is 46.4 Å². The molecule has 0 bridgehead atoms. The molecule has 0 aliphatic heterocycles. The minimum atomic E-state index is -5.20. The first-order valence-electron chi connectivity index (χ1n) is 8.45. The largest absolute Gasteiger partial charge is 0.436 e. The van der Waals surface area contributed by atoms with Gasteiger partial charge in [0.25, 0.3) is 5.56 Å². The number of ether oxygens (including phenoxy) is 1. The summed E-state index contributed by atoms with van der Waals surface area (Å²) in [5.74, 6) is 1.96. The third-order valence-corrected chi connectivity index (χ3v) is 5.55. The van der Waals surface area contributed by atoms with Gasteiger partial charge in [0.2, 0.25) is 5.88 Å². The molecule has 0 fully saturated rings. The second-order valence-electron chi connectivity index (χ2n) is 6.40. The molecule has 3 aromatic rings. The highest BCUT2D eigenvalue weighted by Gasteiger charge is 2.40. The van der Waals surface area contributed by atoms with Crippen molar-refractivity contribution < 1.29 is 35.5 Å². The Hall–Kier alpha value is -2.68. The van der Waals surface area contributed by atoms with Crippen LogP contribution in [0.5, 0.6) is 11.6 Å². The van der Waals surface area contributed by atoms with E-state index in [1.54, 1.807) is 0 Å². The Morgan fingerprint density at radius 1 is 0.914 bits per heavy atom. The zero-order valence-electron chi connectivity index (χ0n) is 16.0. The number of nitrogens with zero attached hydrogens (tertiary/aromatic N) is 3. The summed E-state index contributed by atoms with van der Waals surface area (Å²) in [4.78, 5) is 28.0. The van der Waals surface area contributed by atoms with Gasteiger partial charge in [0.05, 0.1) is 15.7 Å². The number of benzene rings is 1. The number of alkyl halides is 6. The van der Waals surface area contributed by atoms with Gasteiger partial charge in [-0.15, -0.1) is 0 Å². The summed E-state index contributed by atoms with van der Waals surface area (Å²) in [7, 11) is 0. The van der Waals surface area contributed by atoms with Crippen LogP contribution in [0.1, 0.15) is 11.3 Å². The number of hydrogen-bond acceptors (Lipinski definition) is 5. The number of hydrogen-bond donors (Lipinski definition) is 1. The van der Waals surface area contributed by atoms with Crippen molar-refractivity contribution in [3.63, 3.8) is 0 Å². The Morgan fingerprint density at radius 3 is 2.06 bits per heavy atom. The van der Waals surface area contributed by atoms with E-state index < -0.39 is 82.9 Å². The first kappa shape index (κ1) is 26.9. The molecular weight excluding hydrogens is 583 g/mol. The van der Waals surface area contributed by atoms with Crippen molar-refractivity contribution in [1.29, 1.82) is 0 Å². The fraction of sp³-hybridized carbons (Fsp3) is 0.118. The van der Waals surface area contributed by atoms with Crippen LogP contribution >= 0.6 is 46.4 Å². The summed E-state index contributed by atoms with van der Waals surface area (Å²) < 4.78 is 98.0. The topological polar surface area (TPSA) is 92.1 Å². The van der Waals surface area contributed by atoms with Crippen LogP contribution in [-0.2, 0) is 12.4 Å². The molecule has 0 spiro atoms. The summed E-state index contributed by atoms with van der Waals surface area (Å²) in [6.07, 6.45) is -10.3. The maximum Gasteiger partial charge on any atom is 0.433 e. The standard InChI is InChI=1S/C17H5Cl4F7N4O3/c18-4-1-5(22)6(31-9(33)3-8(16(23,24)25)32(29)15(31)34)2-7(4)35-14-12(20)10(17(26,27)28)11(19)13(21)30-14/h1-3H,29H2. The molecule has 2 N–H and O–H groups in total. The minimum Gasteiger partial charge on any atom is -0.436 e. The smallest absolute Gasteiger partial charge is 0.433 e. The highest BCUT2D eigenvalue weighted by molar-refractivity contribution is 6.43. The molecule has 18 heteroatoms. The van der Waals surface area contributed by atoms with E-state index in [4.69, 9.17) is 57.0 Å². The van der Waals surface area contributed by atoms with Gasteiger partial charge in [0, 0.05) is 12.1 Å². The summed E-state index contributed by atoms with van der Waals surface area (Å²) in [5, 5.41) is -3.74. The van der Waals surface area contributed by atoms with Gasteiger partial charge >= 0.3 is 18.0 Å². The van der Waals surface area contributed by atoms with E-state index in [1.807, 2.05) is 0 Å². The predicted octanol–water partition coefficient (Wildman–Crippen LogP) is 5.69. The van der Waals surface area contributed by atoms with Gasteiger partial charge in [-0.25, -0.2) is 18.4 Å². The lowest BCUT2D eigenvalue weighted by Gasteiger charge is -2.17. The molecule has 0 unspecified atom stereocenters. The quantitative estimate of drug-likeness (QED) is 0.241. The fourth-order valence-electron chi connectivity index (χ4n) is 2.68. The Balaban J connectivity index is 2.23. The van der Waals surface area contributed by atoms with Crippen LogP contribution in [0.2, 0.25) is 20.2 Å². The van der Waals surface area contributed by atoms with E-state index in [0.29, 0.717) is 12.1 Å². The van der Waals surface area contributed by atoms with E-state index in [-0.39, 0.29) is 10.6 Å². The van der Waals surface area contributed by atoms with Gasteiger partial charge in [-0.2, -0.15) is 31.3 Å². The second-order valence-corrected chi connectivity index (χ2v) is 7.92. The van der Waals surface area contributed by atoms with Crippen LogP contribution in [0.4, 0.5) is 30.7 Å². The average Bonchev–Trinajstić information content (AvgIpc) is 2.70. The van der Waals surface area contributed by atoms with Crippen LogP contribution in [0.25, 0.3) is 5.69 Å². The zero-order valence-corrected chi connectivity index (χ0v) is 19.1. The SMILES string of the molecule is Nn1c(C(F)(F)F)cc(=O)n(-c2cc(Oc3nc(Cl)c(Cl)c(C(F)(F)F)c3Cl)c(Cl)cc2F)c1=O. The number of rotatable bonds is 3. The van der Waals surface area contributed by atoms with Crippen molar-refractivity contribution in [1.82, 2.24) is 14.2 Å². The summed E-state index contributed by atoms with van der Waals surface area (Å²) in [5.41, 5.74) is -7.94. The van der Waals surface area contributed by atoms with E-state index in [9.17, 15) is 40.3 Å². The lowest BCUT2D eigenvalue weighted by Crippen LogP contribution is -2.45. The van der Waals surface area contributed by atoms with Crippen LogP contribution in [-0.4, -0.2) is 14.2 Å². The molecule has 7 nitrogen and oxygen atoms in total. The Kier molecular flexibility index (Phi) is 6.98. The number of pyridine rings is 1. The average molecular weight is 588 g/mol. The fourth-order valence-corrected chi connectivity index (χ4v) is 3.61. The number of nitrogens with two attached hydrogens (primary N) is 1. The monoisotopic (exact) mass is 586 g/mol. The Labute approximate surface area is 207 Å². The van der Waals surface area contributed by atoms with E-state index in [2.05, 4.69) is 4.98 Å². The van der Waals surface area contributed by atoms with Crippen molar-refractivity contribution in [2.45, 2.75) is 12.4 Å². The van der Waals surface area contributed by atoms with Gasteiger partial charge in [-0.05, 0) is 6.07 Å². The molecule has 3 rings (SSSR count). The lowest BCUT2D eigenvalue weighted by atomic mass is 10.2. The minimum absolute atomic E-state index is 0.0804. The molecule has 2 aromatic heterocycles. The maximum absolute atomic E-state index is 14.6. The molecule has 0 amide bonds. The highest BCUT2D eigenvalue weighted by atomic mass is 35.5. The normalized spacial score (nSPS) is 12.2. The molecule has 188 valence electrons. The third kappa shape index (κ3) is 5.01. The molecular formula is C17H5Cl4F7N4O3. The van der Waals surface area contributed by atoms with Crippen molar-refractivity contribution in [2.75, 3.05) is 5.84 Å². The molecule has 2 heterocycles. The third-order valence-electron chi connectivity index (χ3n) is 4.17. The molecule has 0 saturated carbocycles. The molecule has 0 atom stereocenters. The van der Waals surface area contributed by atoms with E-state index in [0.717, 1.165) is 0 Å². The molecule has 0 aliphatic carbocycles. The predicted molar refractivity (Wildman–Crippen MR) is 111 cm³/mol. The molecule has 0 saturated heterocycles. The summed E-state index contributed by atoms with van der Waals surface area (Å²) >= 11 is 22.6. The molecule has 0 aliphatic rings. The van der Waals surface area contributed by atoms with Crippen molar-refractivity contribution in [2.24, 2.45) is 0 Å².